The van der Waals surface area contributed by atoms with E-state index in [9.17, 15) is 4.79 Å². The van der Waals surface area contributed by atoms with E-state index >= 15 is 0 Å². The van der Waals surface area contributed by atoms with E-state index in [1.165, 1.54) is 13.2 Å². The maximum Gasteiger partial charge on any atom is 0.193 e. The van der Waals surface area contributed by atoms with Crippen LogP contribution in [0.1, 0.15) is 0 Å². The molecule has 2 N–H and O–H groups in total. The first kappa shape index (κ1) is 12.3. The highest BCUT2D eigenvalue weighted by Crippen LogP contribution is 2.29. The van der Waals surface area contributed by atoms with Crippen molar-refractivity contribution in [3.63, 3.8) is 0 Å². The monoisotopic (exact) mass is 267 g/mol. The summed E-state index contributed by atoms with van der Waals surface area (Å²) in [5, 5.41) is 0.447. The van der Waals surface area contributed by atoms with Crippen molar-refractivity contribution in [1.29, 1.82) is 0 Å². The van der Waals surface area contributed by atoms with Gasteiger partial charge in [-0.3, -0.25) is 4.79 Å². The summed E-state index contributed by atoms with van der Waals surface area (Å²) in [6, 6.07) is 14.2. The fraction of sp³-hybridized carbons (Fsp3) is 0.0625. The zero-order valence-electron chi connectivity index (χ0n) is 10.9. The molecule has 2 aromatic carbocycles. The number of nitrogens with two attached hydrogens (primary N) is 1. The second-order valence-corrected chi connectivity index (χ2v) is 4.43. The molecule has 0 aliphatic heterocycles. The molecule has 100 valence electrons. The summed E-state index contributed by atoms with van der Waals surface area (Å²) >= 11 is 0. The van der Waals surface area contributed by atoms with Gasteiger partial charge in [0.15, 0.2) is 5.43 Å². The number of hydrogen-bond acceptors (Lipinski definition) is 4. The molecule has 20 heavy (non-hydrogen) atoms. The van der Waals surface area contributed by atoms with Crippen LogP contribution >= 0.6 is 0 Å². The average molecular weight is 267 g/mol. The van der Waals surface area contributed by atoms with Crippen LogP contribution < -0.4 is 15.9 Å². The molecule has 4 heteroatoms. The van der Waals surface area contributed by atoms with Gasteiger partial charge in [0.05, 0.1) is 18.2 Å². The molecule has 3 aromatic rings. The lowest BCUT2D eigenvalue weighted by Crippen LogP contribution is -2.02. The summed E-state index contributed by atoms with van der Waals surface area (Å²) in [6.45, 7) is 0. The molecule has 0 aliphatic carbocycles. The number of methoxy groups -OCH3 is 1. The number of hydrogen-bond donors (Lipinski definition) is 1. The number of benzene rings is 2. The predicted octanol–water partition coefficient (Wildman–Crippen LogP) is 3.05. The van der Waals surface area contributed by atoms with Gasteiger partial charge in [0.25, 0.3) is 0 Å². The highest BCUT2D eigenvalue weighted by Gasteiger charge is 2.10. The largest absolute Gasteiger partial charge is 0.494 e. The van der Waals surface area contributed by atoms with E-state index < -0.39 is 0 Å². The SMILES string of the molecule is COc1cc2oc(-c3ccccc3)cc(=O)c2cc1N. The van der Waals surface area contributed by atoms with Gasteiger partial charge < -0.3 is 14.9 Å². The molecule has 3 rings (SSSR count). The number of fused-ring (bicyclic) bond motifs is 1. The van der Waals surface area contributed by atoms with E-state index in [0.29, 0.717) is 28.2 Å². The fourth-order valence-electron chi connectivity index (χ4n) is 2.12. The molecule has 0 radical (unpaired) electrons. The maximum atomic E-state index is 12.2. The summed E-state index contributed by atoms with van der Waals surface area (Å²) in [7, 11) is 1.52. The second kappa shape index (κ2) is 4.74. The first-order valence-electron chi connectivity index (χ1n) is 6.16. The summed E-state index contributed by atoms with van der Waals surface area (Å²) in [4.78, 5) is 12.2. The molecule has 0 fully saturated rings. The lowest BCUT2D eigenvalue weighted by Gasteiger charge is -2.07. The Morgan fingerprint density at radius 1 is 1.10 bits per heavy atom. The molecule has 0 amide bonds. The Morgan fingerprint density at radius 3 is 2.55 bits per heavy atom. The third kappa shape index (κ3) is 2.01. The minimum atomic E-state index is -0.126. The molecule has 4 nitrogen and oxygen atoms in total. The van der Waals surface area contributed by atoms with Crippen LogP contribution in [0.4, 0.5) is 5.69 Å². The van der Waals surface area contributed by atoms with Crippen LogP contribution in [-0.2, 0) is 0 Å². The average Bonchev–Trinajstić information content (AvgIpc) is 2.48. The highest BCUT2D eigenvalue weighted by atomic mass is 16.5. The van der Waals surface area contributed by atoms with Crippen molar-refractivity contribution >= 4 is 16.7 Å². The van der Waals surface area contributed by atoms with E-state index in [1.54, 1.807) is 12.1 Å². The lowest BCUT2D eigenvalue weighted by atomic mass is 10.1. The van der Waals surface area contributed by atoms with Crippen LogP contribution in [0.3, 0.4) is 0 Å². The molecular weight excluding hydrogens is 254 g/mol. The van der Waals surface area contributed by atoms with Gasteiger partial charge in [-0.2, -0.15) is 0 Å². The highest BCUT2D eigenvalue weighted by molar-refractivity contribution is 5.84. The first-order chi connectivity index (χ1) is 9.69. The molecule has 0 atom stereocenters. The topological polar surface area (TPSA) is 65.5 Å². The number of anilines is 1. The Kier molecular flexibility index (Phi) is 2.91. The molecule has 0 bridgehead atoms. The van der Waals surface area contributed by atoms with E-state index in [2.05, 4.69) is 0 Å². The quantitative estimate of drug-likeness (QED) is 0.725. The summed E-state index contributed by atoms with van der Waals surface area (Å²) in [5.41, 5.74) is 7.41. The Hall–Kier alpha value is -2.75. The van der Waals surface area contributed by atoms with Gasteiger partial charge in [-0.05, 0) is 6.07 Å². The van der Waals surface area contributed by atoms with E-state index in [1.807, 2.05) is 30.3 Å². The van der Waals surface area contributed by atoms with E-state index in [-0.39, 0.29) is 5.43 Å². The van der Waals surface area contributed by atoms with Crippen molar-refractivity contribution in [3.05, 3.63) is 58.8 Å². The van der Waals surface area contributed by atoms with Crippen molar-refractivity contribution in [2.75, 3.05) is 12.8 Å². The third-order valence-corrected chi connectivity index (χ3v) is 3.14. The van der Waals surface area contributed by atoms with Gasteiger partial charge in [0, 0.05) is 17.7 Å². The second-order valence-electron chi connectivity index (χ2n) is 4.43. The predicted molar refractivity (Wildman–Crippen MR) is 78.9 cm³/mol. The van der Waals surface area contributed by atoms with Crippen molar-refractivity contribution in [2.24, 2.45) is 0 Å². The number of ether oxygens (including phenoxy) is 1. The smallest absolute Gasteiger partial charge is 0.193 e. The van der Waals surface area contributed by atoms with Crippen LogP contribution in [0.2, 0.25) is 0 Å². The summed E-state index contributed by atoms with van der Waals surface area (Å²) in [6.07, 6.45) is 0. The normalized spacial score (nSPS) is 10.7. The van der Waals surface area contributed by atoms with E-state index in [0.717, 1.165) is 5.56 Å². The molecule has 1 heterocycles. The fourth-order valence-corrected chi connectivity index (χ4v) is 2.12. The van der Waals surface area contributed by atoms with Gasteiger partial charge >= 0.3 is 0 Å². The Balaban J connectivity index is 2.28. The first-order valence-corrected chi connectivity index (χ1v) is 6.16. The van der Waals surface area contributed by atoms with Crippen LogP contribution in [0.5, 0.6) is 5.75 Å². The Morgan fingerprint density at radius 2 is 1.85 bits per heavy atom. The zero-order chi connectivity index (χ0) is 14.1. The third-order valence-electron chi connectivity index (χ3n) is 3.14. The summed E-state index contributed by atoms with van der Waals surface area (Å²) < 4.78 is 10.9. The molecule has 0 unspecified atom stereocenters. The molecule has 0 saturated heterocycles. The van der Waals surface area contributed by atoms with Gasteiger partial charge in [-0.25, -0.2) is 0 Å². The molecule has 0 aliphatic rings. The van der Waals surface area contributed by atoms with Gasteiger partial charge in [-0.15, -0.1) is 0 Å². The van der Waals surface area contributed by atoms with Crippen molar-refractivity contribution in [1.82, 2.24) is 0 Å². The number of rotatable bonds is 2. The molecule has 1 aromatic heterocycles. The minimum absolute atomic E-state index is 0.126. The maximum absolute atomic E-state index is 12.2. The zero-order valence-corrected chi connectivity index (χ0v) is 10.9. The van der Waals surface area contributed by atoms with Gasteiger partial charge in [0.2, 0.25) is 0 Å². The summed E-state index contributed by atoms with van der Waals surface area (Å²) in [5.74, 6) is 1.01. The van der Waals surface area contributed by atoms with Crippen molar-refractivity contribution in [2.45, 2.75) is 0 Å². The standard InChI is InChI=1S/C16H13NO3/c1-19-16-9-15-11(7-12(16)17)13(18)8-14(20-15)10-5-3-2-4-6-10/h2-9H,17H2,1H3. The number of nitrogen functional groups attached to an aromatic ring is 1. The lowest BCUT2D eigenvalue weighted by molar-refractivity contribution is 0.416. The van der Waals surface area contributed by atoms with Crippen LogP contribution in [0.25, 0.3) is 22.3 Å². The molecule has 0 spiro atoms. The van der Waals surface area contributed by atoms with Crippen LogP contribution in [0.15, 0.2) is 57.7 Å². The van der Waals surface area contributed by atoms with Crippen molar-refractivity contribution < 1.29 is 9.15 Å². The van der Waals surface area contributed by atoms with Crippen LogP contribution in [0, 0.1) is 0 Å². The Bertz CT molecular complexity index is 822. The molecule has 0 saturated carbocycles. The molecular formula is C16H13NO3. The van der Waals surface area contributed by atoms with Gasteiger partial charge in [0.1, 0.15) is 17.1 Å². The van der Waals surface area contributed by atoms with Crippen molar-refractivity contribution in [3.8, 4) is 17.1 Å². The Labute approximate surface area is 115 Å². The van der Waals surface area contributed by atoms with Gasteiger partial charge in [-0.1, -0.05) is 30.3 Å². The van der Waals surface area contributed by atoms with Crippen LogP contribution in [-0.4, -0.2) is 7.11 Å². The minimum Gasteiger partial charge on any atom is -0.494 e. The van der Waals surface area contributed by atoms with E-state index in [4.69, 9.17) is 14.9 Å².